The fraction of sp³-hybridized carbons (Fsp3) is 0.348. The molecular formula is C23H28F2N2O3S. The number of thiocarbonyl (C=S) groups is 1. The van der Waals surface area contributed by atoms with Gasteiger partial charge in [-0.3, -0.25) is 4.79 Å². The quantitative estimate of drug-likeness (QED) is 0.619. The fourth-order valence-corrected chi connectivity index (χ4v) is 2.45. The first-order valence-corrected chi connectivity index (χ1v) is 10.1. The Morgan fingerprint density at radius 3 is 1.81 bits per heavy atom. The molecule has 0 fully saturated rings. The van der Waals surface area contributed by atoms with Crippen LogP contribution < -0.4 is 11.1 Å². The number of Topliss-reactive ketones (excluding diaryl/α,β-unsaturated/α-hetero) is 1. The fourth-order valence-electron chi connectivity index (χ4n) is 2.28. The molecule has 5 nitrogen and oxygen atoms in total. The van der Waals surface area contributed by atoms with E-state index < -0.39 is 11.7 Å². The maximum atomic E-state index is 12.7. The second-order valence-corrected chi connectivity index (χ2v) is 8.32. The lowest BCUT2D eigenvalue weighted by atomic mass is 10.1. The standard InChI is InChI=1S/C14H18FNO3.C9H10FNS/c1-14(2,3)19-13(18)16-9-12(17)8-10-4-6-11(15)7-5-10;10-8-3-1-7(2-4-8)5-9(12)6-11/h4-7H,8-9H2,1-3H3,(H,16,18);1-4H,5-6,11H2. The van der Waals surface area contributed by atoms with Gasteiger partial charge in [-0.2, -0.15) is 0 Å². The van der Waals surface area contributed by atoms with Crippen LogP contribution in [-0.4, -0.2) is 35.4 Å². The van der Waals surface area contributed by atoms with Gasteiger partial charge >= 0.3 is 6.09 Å². The van der Waals surface area contributed by atoms with Crippen molar-refractivity contribution in [3.05, 3.63) is 71.3 Å². The Balaban J connectivity index is 0.000000343. The number of rotatable bonds is 7. The van der Waals surface area contributed by atoms with Crippen LogP contribution in [0.5, 0.6) is 0 Å². The van der Waals surface area contributed by atoms with Crippen molar-refractivity contribution in [1.29, 1.82) is 0 Å². The van der Waals surface area contributed by atoms with Crippen LogP contribution in [0.3, 0.4) is 0 Å². The van der Waals surface area contributed by atoms with E-state index in [9.17, 15) is 18.4 Å². The summed E-state index contributed by atoms with van der Waals surface area (Å²) in [7, 11) is 0. The van der Waals surface area contributed by atoms with Crippen LogP contribution in [0.1, 0.15) is 31.9 Å². The van der Waals surface area contributed by atoms with Crippen molar-refractivity contribution >= 4 is 29.0 Å². The van der Waals surface area contributed by atoms with Gasteiger partial charge in [0.1, 0.15) is 17.2 Å². The molecule has 0 bridgehead atoms. The van der Waals surface area contributed by atoms with Crippen LogP contribution in [0.15, 0.2) is 48.5 Å². The average molecular weight is 451 g/mol. The largest absolute Gasteiger partial charge is 0.444 e. The van der Waals surface area contributed by atoms with Gasteiger partial charge in [0.2, 0.25) is 0 Å². The van der Waals surface area contributed by atoms with Crippen LogP contribution in [0.25, 0.3) is 0 Å². The Morgan fingerprint density at radius 2 is 1.39 bits per heavy atom. The van der Waals surface area contributed by atoms with Crippen LogP contribution in [-0.2, 0) is 22.4 Å². The van der Waals surface area contributed by atoms with E-state index in [1.54, 1.807) is 45.0 Å². The van der Waals surface area contributed by atoms with Crippen molar-refractivity contribution in [2.75, 3.05) is 13.1 Å². The van der Waals surface area contributed by atoms with E-state index in [0.717, 1.165) is 10.4 Å². The van der Waals surface area contributed by atoms with E-state index >= 15 is 0 Å². The minimum absolute atomic E-state index is 0.105. The molecule has 0 saturated heterocycles. The molecule has 0 atom stereocenters. The highest BCUT2D eigenvalue weighted by Crippen LogP contribution is 2.07. The summed E-state index contributed by atoms with van der Waals surface area (Å²) >= 11 is 4.95. The van der Waals surface area contributed by atoms with Crippen molar-refractivity contribution in [3.63, 3.8) is 0 Å². The molecule has 0 unspecified atom stereocenters. The van der Waals surface area contributed by atoms with Gasteiger partial charge < -0.3 is 15.8 Å². The smallest absolute Gasteiger partial charge is 0.408 e. The van der Waals surface area contributed by atoms with E-state index in [4.69, 9.17) is 22.7 Å². The van der Waals surface area contributed by atoms with E-state index in [0.29, 0.717) is 18.5 Å². The first-order chi connectivity index (χ1) is 14.5. The van der Waals surface area contributed by atoms with Gasteiger partial charge in [-0.25, -0.2) is 13.6 Å². The summed E-state index contributed by atoms with van der Waals surface area (Å²) in [6.07, 6.45) is 0.183. The number of ether oxygens (including phenoxy) is 1. The second-order valence-electron chi connectivity index (χ2n) is 7.74. The minimum Gasteiger partial charge on any atom is -0.444 e. The first kappa shape index (κ1) is 26.3. The molecule has 3 N–H and O–H groups in total. The zero-order chi connectivity index (χ0) is 23.4. The SMILES string of the molecule is CC(C)(C)OC(=O)NCC(=O)Cc1ccc(F)cc1.NCC(=S)Cc1ccc(F)cc1. The lowest BCUT2D eigenvalue weighted by Gasteiger charge is -2.19. The van der Waals surface area contributed by atoms with Crippen LogP contribution >= 0.6 is 12.2 Å². The number of amides is 1. The van der Waals surface area contributed by atoms with Gasteiger partial charge in [0.05, 0.1) is 6.54 Å². The van der Waals surface area contributed by atoms with E-state index in [1.165, 1.54) is 24.3 Å². The Labute approximate surface area is 187 Å². The highest BCUT2D eigenvalue weighted by Gasteiger charge is 2.16. The molecule has 0 spiro atoms. The normalized spacial score (nSPS) is 10.5. The third kappa shape index (κ3) is 12.6. The highest BCUT2D eigenvalue weighted by molar-refractivity contribution is 7.80. The van der Waals surface area contributed by atoms with Gasteiger partial charge in [0, 0.05) is 24.3 Å². The third-order valence-electron chi connectivity index (χ3n) is 3.69. The molecule has 0 aliphatic carbocycles. The van der Waals surface area contributed by atoms with E-state index in [2.05, 4.69) is 5.32 Å². The maximum absolute atomic E-state index is 12.7. The third-order valence-corrected chi connectivity index (χ3v) is 4.00. The van der Waals surface area contributed by atoms with Gasteiger partial charge in [0.15, 0.2) is 5.78 Å². The molecule has 1 amide bonds. The molecule has 0 heterocycles. The minimum atomic E-state index is -0.625. The molecule has 2 aromatic rings. The van der Waals surface area contributed by atoms with Crippen molar-refractivity contribution in [1.82, 2.24) is 5.32 Å². The number of ketones is 1. The van der Waals surface area contributed by atoms with Crippen molar-refractivity contribution in [2.24, 2.45) is 5.73 Å². The summed E-state index contributed by atoms with van der Waals surface area (Å²) in [5.41, 5.74) is 6.45. The molecule has 8 heteroatoms. The number of alkyl carbamates (subject to hydrolysis) is 1. The predicted molar refractivity (Wildman–Crippen MR) is 121 cm³/mol. The number of halogens is 2. The summed E-state index contributed by atoms with van der Waals surface area (Å²) in [4.78, 5) is 23.7. The topological polar surface area (TPSA) is 81.4 Å². The van der Waals surface area contributed by atoms with Gasteiger partial charge in [-0.05, 0) is 56.2 Å². The second kappa shape index (κ2) is 12.9. The monoisotopic (exact) mass is 450 g/mol. The molecule has 0 radical (unpaired) electrons. The molecule has 0 aliphatic heterocycles. The first-order valence-electron chi connectivity index (χ1n) is 9.67. The zero-order valence-corrected chi connectivity index (χ0v) is 18.7. The Kier molecular flexibility index (Phi) is 10.9. The van der Waals surface area contributed by atoms with Gasteiger partial charge in [0.25, 0.3) is 0 Å². The van der Waals surface area contributed by atoms with Crippen LogP contribution in [0, 0.1) is 11.6 Å². The Hall–Kier alpha value is -2.71. The molecule has 31 heavy (non-hydrogen) atoms. The number of carbonyl (C=O) groups excluding carboxylic acids is 2. The number of carbonyl (C=O) groups is 2. The summed E-state index contributed by atoms with van der Waals surface area (Å²) in [6.45, 7) is 5.53. The van der Waals surface area contributed by atoms with Crippen molar-refractivity contribution < 1.29 is 23.1 Å². The molecule has 0 aliphatic rings. The van der Waals surface area contributed by atoms with E-state index in [1.807, 2.05) is 0 Å². The Morgan fingerprint density at radius 1 is 0.935 bits per heavy atom. The highest BCUT2D eigenvalue weighted by atomic mass is 32.1. The number of hydrogen-bond donors (Lipinski definition) is 2. The molecule has 168 valence electrons. The summed E-state index contributed by atoms with van der Waals surface area (Å²) in [5.74, 6) is -0.738. The van der Waals surface area contributed by atoms with Crippen molar-refractivity contribution in [3.8, 4) is 0 Å². The van der Waals surface area contributed by atoms with Crippen LogP contribution in [0.4, 0.5) is 13.6 Å². The average Bonchev–Trinajstić information content (AvgIpc) is 2.69. The summed E-state index contributed by atoms with van der Waals surface area (Å²) in [6, 6.07) is 12.0. The lowest BCUT2D eigenvalue weighted by molar-refractivity contribution is -0.117. The molecule has 0 saturated carbocycles. The van der Waals surface area contributed by atoms with Gasteiger partial charge in [-0.15, -0.1) is 0 Å². The predicted octanol–water partition coefficient (Wildman–Crippen LogP) is 4.16. The maximum Gasteiger partial charge on any atom is 0.408 e. The number of nitrogens with one attached hydrogen (secondary N) is 1. The van der Waals surface area contributed by atoms with Gasteiger partial charge in [-0.1, -0.05) is 36.5 Å². The Bertz CT molecular complexity index is 864. The van der Waals surface area contributed by atoms with E-state index in [-0.39, 0.29) is 30.4 Å². The zero-order valence-electron chi connectivity index (χ0n) is 17.9. The summed E-state index contributed by atoms with van der Waals surface area (Å²) in [5, 5.41) is 2.39. The molecule has 0 aromatic heterocycles. The number of nitrogens with two attached hydrogens (primary N) is 1. The van der Waals surface area contributed by atoms with Crippen molar-refractivity contribution in [2.45, 2.75) is 39.2 Å². The molecule has 2 aromatic carbocycles. The number of benzene rings is 2. The lowest BCUT2D eigenvalue weighted by Crippen LogP contribution is -2.35. The molecular weight excluding hydrogens is 422 g/mol. The molecule has 2 rings (SSSR count). The number of hydrogen-bond acceptors (Lipinski definition) is 5. The summed E-state index contributed by atoms with van der Waals surface area (Å²) < 4.78 is 30.1. The van der Waals surface area contributed by atoms with Crippen LogP contribution in [0.2, 0.25) is 0 Å².